The van der Waals surface area contributed by atoms with Gasteiger partial charge in [0.1, 0.15) is 23.4 Å². The molecule has 3 aromatic heterocycles. The van der Waals surface area contributed by atoms with E-state index in [9.17, 15) is 13.6 Å². The number of amides is 1. The van der Waals surface area contributed by atoms with Crippen molar-refractivity contribution in [2.45, 2.75) is 31.5 Å². The summed E-state index contributed by atoms with van der Waals surface area (Å²) in [5.74, 6) is -0.128. The average Bonchev–Trinajstić information content (AvgIpc) is 3.29. The molecule has 162 valence electrons. The molecule has 3 N–H and O–H groups in total. The normalized spacial score (nSPS) is 21.7. The van der Waals surface area contributed by atoms with E-state index in [2.05, 4.69) is 20.4 Å². The van der Waals surface area contributed by atoms with Gasteiger partial charge in [-0.15, -0.1) is 5.10 Å². The second kappa shape index (κ2) is 7.64. The summed E-state index contributed by atoms with van der Waals surface area (Å²) < 4.78 is 35.8. The Kier molecular flexibility index (Phi) is 4.79. The number of alkyl halides is 1. The van der Waals surface area contributed by atoms with E-state index in [1.54, 1.807) is 17.2 Å². The van der Waals surface area contributed by atoms with Crippen molar-refractivity contribution in [2.75, 3.05) is 30.3 Å². The van der Waals surface area contributed by atoms with Gasteiger partial charge in [0.05, 0.1) is 25.4 Å². The molecule has 1 amide bonds. The number of pyridine rings is 1. The SMILES string of the molecule is Nc1nn2ccc3nc2c1C(=O)NCCCCOc1ncc(F)cc1[C@H]1C[C@H](F)CN31. The minimum absolute atomic E-state index is 0.0627. The highest BCUT2D eigenvalue weighted by atomic mass is 19.1. The van der Waals surface area contributed by atoms with Crippen molar-refractivity contribution < 1.29 is 18.3 Å². The molecule has 0 spiro atoms. The molecular weight excluding hydrogens is 408 g/mol. The lowest BCUT2D eigenvalue weighted by atomic mass is 10.1. The van der Waals surface area contributed by atoms with Crippen LogP contribution in [-0.2, 0) is 0 Å². The summed E-state index contributed by atoms with van der Waals surface area (Å²) in [6.07, 6.45) is 3.00. The Morgan fingerprint density at radius 3 is 3.06 bits per heavy atom. The van der Waals surface area contributed by atoms with Gasteiger partial charge in [0.15, 0.2) is 11.5 Å². The lowest BCUT2D eigenvalue weighted by Crippen LogP contribution is -2.26. The first-order valence-corrected chi connectivity index (χ1v) is 10.1. The maximum atomic E-state index is 14.5. The second-order valence-electron chi connectivity index (χ2n) is 7.67. The highest BCUT2D eigenvalue weighted by Crippen LogP contribution is 2.40. The molecule has 11 heteroatoms. The number of hydrogen-bond acceptors (Lipinski definition) is 7. The molecule has 1 fully saturated rings. The van der Waals surface area contributed by atoms with Gasteiger partial charge in [-0.3, -0.25) is 4.79 Å². The van der Waals surface area contributed by atoms with Crippen LogP contribution >= 0.6 is 0 Å². The van der Waals surface area contributed by atoms with Crippen molar-refractivity contribution in [2.24, 2.45) is 0 Å². The van der Waals surface area contributed by atoms with Crippen molar-refractivity contribution in [3.63, 3.8) is 0 Å². The van der Waals surface area contributed by atoms with Crippen LogP contribution in [0.1, 0.15) is 41.2 Å². The molecule has 0 radical (unpaired) electrons. The van der Waals surface area contributed by atoms with Gasteiger partial charge in [-0.2, -0.15) is 0 Å². The van der Waals surface area contributed by atoms with Crippen LogP contribution in [0.15, 0.2) is 24.5 Å². The Bertz CT molecular complexity index is 1150. The molecule has 9 nitrogen and oxygen atoms in total. The van der Waals surface area contributed by atoms with E-state index in [1.165, 1.54) is 10.6 Å². The highest BCUT2D eigenvalue weighted by Gasteiger charge is 2.37. The zero-order chi connectivity index (χ0) is 21.5. The Morgan fingerprint density at radius 2 is 2.19 bits per heavy atom. The maximum Gasteiger partial charge on any atom is 0.258 e. The molecule has 31 heavy (non-hydrogen) atoms. The number of halogens is 2. The van der Waals surface area contributed by atoms with E-state index in [0.717, 1.165) is 6.20 Å². The molecule has 2 aliphatic heterocycles. The van der Waals surface area contributed by atoms with Crippen LogP contribution in [0.25, 0.3) is 5.65 Å². The van der Waals surface area contributed by atoms with Crippen LogP contribution in [0.2, 0.25) is 0 Å². The summed E-state index contributed by atoms with van der Waals surface area (Å²) in [5.41, 5.74) is 6.90. The minimum Gasteiger partial charge on any atom is -0.477 e. The fraction of sp³-hybridized carbons (Fsp3) is 0.400. The van der Waals surface area contributed by atoms with Gasteiger partial charge in [-0.1, -0.05) is 0 Å². The summed E-state index contributed by atoms with van der Waals surface area (Å²) in [6.45, 7) is 0.815. The molecular formula is C20H21F2N7O2. The molecule has 1 saturated heterocycles. The fourth-order valence-electron chi connectivity index (χ4n) is 4.14. The van der Waals surface area contributed by atoms with Crippen LogP contribution in [0.3, 0.4) is 0 Å². The zero-order valence-corrected chi connectivity index (χ0v) is 16.6. The zero-order valence-electron chi connectivity index (χ0n) is 16.6. The lowest BCUT2D eigenvalue weighted by molar-refractivity contribution is 0.0954. The van der Waals surface area contributed by atoms with Gasteiger partial charge < -0.3 is 20.7 Å². The molecule has 3 aromatic rings. The molecule has 0 aromatic carbocycles. The molecule has 0 unspecified atom stereocenters. The number of hydrogen-bond donors (Lipinski definition) is 2. The topological polar surface area (TPSA) is 111 Å². The van der Waals surface area contributed by atoms with Crippen LogP contribution in [-0.4, -0.2) is 51.4 Å². The Hall–Kier alpha value is -3.50. The molecule has 0 saturated carbocycles. The number of ether oxygens (including phenoxy) is 1. The Balaban J connectivity index is 1.66. The third kappa shape index (κ3) is 3.49. The van der Waals surface area contributed by atoms with Crippen LogP contribution in [0, 0.1) is 5.82 Å². The van der Waals surface area contributed by atoms with Crippen molar-refractivity contribution in [3.05, 3.63) is 41.5 Å². The van der Waals surface area contributed by atoms with Gasteiger partial charge in [0.25, 0.3) is 5.91 Å². The van der Waals surface area contributed by atoms with Crippen molar-refractivity contribution in [3.8, 4) is 5.88 Å². The highest BCUT2D eigenvalue weighted by molar-refractivity contribution is 6.04. The predicted octanol–water partition coefficient (Wildman–Crippen LogP) is 2.04. The lowest BCUT2D eigenvalue weighted by Gasteiger charge is -2.26. The minimum atomic E-state index is -1.14. The van der Waals surface area contributed by atoms with E-state index in [1.807, 2.05) is 0 Å². The van der Waals surface area contributed by atoms with Crippen molar-refractivity contribution in [1.82, 2.24) is 24.9 Å². The number of anilines is 2. The third-order valence-electron chi connectivity index (χ3n) is 5.57. The number of fused-ring (bicyclic) bond motifs is 5. The third-order valence-corrected chi connectivity index (χ3v) is 5.57. The largest absolute Gasteiger partial charge is 0.477 e. The summed E-state index contributed by atoms with van der Waals surface area (Å²) >= 11 is 0. The van der Waals surface area contributed by atoms with Gasteiger partial charge in [0.2, 0.25) is 5.88 Å². The van der Waals surface area contributed by atoms with Gasteiger partial charge in [-0.05, 0) is 25.0 Å². The first-order chi connectivity index (χ1) is 15.0. The van der Waals surface area contributed by atoms with E-state index in [-0.39, 0.29) is 41.8 Å². The monoisotopic (exact) mass is 429 g/mol. The molecule has 0 aliphatic carbocycles. The number of nitrogen functional groups attached to an aromatic ring is 1. The van der Waals surface area contributed by atoms with E-state index in [0.29, 0.717) is 37.4 Å². The Labute approximate surface area is 176 Å². The van der Waals surface area contributed by atoms with Crippen molar-refractivity contribution >= 4 is 23.2 Å². The number of aromatic nitrogens is 4. The van der Waals surface area contributed by atoms with Crippen LogP contribution in [0.5, 0.6) is 5.88 Å². The first-order valence-electron chi connectivity index (χ1n) is 10.1. The fourth-order valence-corrected chi connectivity index (χ4v) is 4.14. The number of nitrogens with zero attached hydrogens (tertiary/aromatic N) is 5. The first kappa shape index (κ1) is 19.5. The van der Waals surface area contributed by atoms with Gasteiger partial charge >= 0.3 is 0 Å². The molecule has 2 aliphatic rings. The number of carbonyl (C=O) groups is 1. The van der Waals surface area contributed by atoms with E-state index in [4.69, 9.17) is 10.5 Å². The van der Waals surface area contributed by atoms with Gasteiger partial charge in [-0.25, -0.2) is 23.3 Å². The molecule has 2 atom stereocenters. The smallest absolute Gasteiger partial charge is 0.258 e. The standard InChI is InChI=1S/C20H21F2N7O2/c21-11-7-13-14-8-12(22)10-28(14)15-3-5-29-18(26-15)16(17(23)27-29)19(30)24-4-1-2-6-31-20(13)25-9-11/h3,5,7,9,12,14H,1-2,4,6,8,10H2,(H2,23,27)(H,24,30)/t12-,14+/m0/s1. The maximum absolute atomic E-state index is 14.5. The molecule has 5 rings (SSSR count). The van der Waals surface area contributed by atoms with E-state index < -0.39 is 18.0 Å². The number of nitrogens with one attached hydrogen (secondary N) is 1. The van der Waals surface area contributed by atoms with Crippen molar-refractivity contribution in [1.29, 1.82) is 0 Å². The number of carbonyl (C=O) groups excluding carboxylic acids is 1. The van der Waals surface area contributed by atoms with Crippen LogP contribution in [0.4, 0.5) is 20.4 Å². The predicted molar refractivity (Wildman–Crippen MR) is 108 cm³/mol. The van der Waals surface area contributed by atoms with Gasteiger partial charge in [0, 0.05) is 24.7 Å². The number of rotatable bonds is 0. The Morgan fingerprint density at radius 1 is 1.32 bits per heavy atom. The second-order valence-corrected chi connectivity index (χ2v) is 7.67. The number of nitrogens with two attached hydrogens (primary N) is 1. The summed E-state index contributed by atoms with van der Waals surface area (Å²) in [4.78, 5) is 23.1. The molecule has 5 heterocycles. The van der Waals surface area contributed by atoms with E-state index >= 15 is 0 Å². The van der Waals surface area contributed by atoms with Crippen LogP contribution < -0.4 is 20.7 Å². The summed E-state index contributed by atoms with van der Waals surface area (Å²) in [7, 11) is 0. The summed E-state index contributed by atoms with van der Waals surface area (Å²) in [6, 6.07) is 2.48. The average molecular weight is 429 g/mol. The molecule has 2 bridgehead atoms. The summed E-state index contributed by atoms with van der Waals surface area (Å²) in [5, 5.41) is 6.98. The quantitative estimate of drug-likeness (QED) is 0.563.